The van der Waals surface area contributed by atoms with Crippen molar-refractivity contribution in [1.29, 1.82) is 0 Å². The van der Waals surface area contributed by atoms with Gasteiger partial charge in [-0.3, -0.25) is 9.59 Å². The highest BCUT2D eigenvalue weighted by Crippen LogP contribution is 2.25. The predicted molar refractivity (Wildman–Crippen MR) is 82.8 cm³/mol. The second kappa shape index (κ2) is 7.11. The molecule has 0 aromatic heterocycles. The molecule has 114 valence electrons. The molecule has 0 radical (unpaired) electrons. The Morgan fingerprint density at radius 2 is 2.14 bits per heavy atom. The molecule has 1 aliphatic rings. The number of anilines is 1. The molecule has 0 saturated heterocycles. The van der Waals surface area contributed by atoms with Crippen LogP contribution in [0.2, 0.25) is 0 Å². The van der Waals surface area contributed by atoms with Crippen LogP contribution < -0.4 is 11.1 Å². The third-order valence-electron chi connectivity index (χ3n) is 3.81. The summed E-state index contributed by atoms with van der Waals surface area (Å²) in [5, 5.41) is 3.29. The van der Waals surface area contributed by atoms with Crippen molar-refractivity contribution in [3.8, 4) is 0 Å². The minimum Gasteiger partial charge on any atom is -0.384 e. The fourth-order valence-corrected chi connectivity index (χ4v) is 2.68. The first kappa shape index (κ1) is 15.4. The number of benzene rings is 1. The number of para-hydroxylation sites is 1. The molecule has 1 unspecified atom stereocenters. The quantitative estimate of drug-likeness (QED) is 0.831. The van der Waals surface area contributed by atoms with Gasteiger partial charge in [-0.1, -0.05) is 31.5 Å². The van der Waals surface area contributed by atoms with Crippen molar-refractivity contribution in [2.24, 2.45) is 11.7 Å². The summed E-state index contributed by atoms with van der Waals surface area (Å²) in [6, 6.07) is 8.01. The fourth-order valence-electron chi connectivity index (χ4n) is 2.68. The van der Waals surface area contributed by atoms with E-state index in [0.717, 1.165) is 24.1 Å². The van der Waals surface area contributed by atoms with Crippen molar-refractivity contribution in [2.75, 3.05) is 25.0 Å². The number of nitrogens with zero attached hydrogens (tertiary/aromatic N) is 1. The maximum atomic E-state index is 12.6. The number of carbonyl (C=O) groups excluding carboxylic acids is 2. The van der Waals surface area contributed by atoms with E-state index in [9.17, 15) is 9.59 Å². The lowest BCUT2D eigenvalue weighted by Gasteiger charge is -2.30. The first-order valence-electron chi connectivity index (χ1n) is 7.50. The van der Waals surface area contributed by atoms with Gasteiger partial charge in [0.25, 0.3) is 0 Å². The molecule has 5 nitrogen and oxygen atoms in total. The van der Waals surface area contributed by atoms with Crippen LogP contribution in [-0.4, -0.2) is 36.3 Å². The number of carbonyl (C=O) groups is 2. The standard InChI is InChI=1S/C16H23N3O2/c1-2-3-8-19(11-15(17)20)16(21)13-9-12-6-4-5-7-14(12)18-10-13/h4-7,13,18H,2-3,8-11H2,1H3,(H2,17,20). The molecule has 0 aliphatic carbocycles. The molecule has 0 bridgehead atoms. The molecule has 1 atom stereocenters. The van der Waals surface area contributed by atoms with E-state index in [2.05, 4.69) is 12.2 Å². The number of nitrogens with two attached hydrogens (primary N) is 1. The zero-order chi connectivity index (χ0) is 15.2. The zero-order valence-corrected chi connectivity index (χ0v) is 12.5. The van der Waals surface area contributed by atoms with Crippen molar-refractivity contribution in [3.63, 3.8) is 0 Å². The summed E-state index contributed by atoms with van der Waals surface area (Å²) >= 11 is 0. The van der Waals surface area contributed by atoms with E-state index in [1.54, 1.807) is 4.90 Å². The highest BCUT2D eigenvalue weighted by Gasteiger charge is 2.28. The third kappa shape index (κ3) is 3.97. The SMILES string of the molecule is CCCCN(CC(N)=O)C(=O)C1CNc2ccccc2C1. The van der Waals surface area contributed by atoms with Gasteiger partial charge < -0.3 is 16.0 Å². The van der Waals surface area contributed by atoms with Crippen molar-refractivity contribution in [2.45, 2.75) is 26.2 Å². The number of primary amides is 1. The Labute approximate surface area is 125 Å². The van der Waals surface area contributed by atoms with E-state index in [0.29, 0.717) is 19.5 Å². The van der Waals surface area contributed by atoms with Crippen LogP contribution in [0.4, 0.5) is 5.69 Å². The van der Waals surface area contributed by atoms with Gasteiger partial charge in [-0.05, 0) is 24.5 Å². The van der Waals surface area contributed by atoms with Crippen LogP contribution in [0.3, 0.4) is 0 Å². The van der Waals surface area contributed by atoms with Gasteiger partial charge in [0.2, 0.25) is 11.8 Å². The average Bonchev–Trinajstić information content (AvgIpc) is 2.50. The van der Waals surface area contributed by atoms with Crippen molar-refractivity contribution in [3.05, 3.63) is 29.8 Å². The topological polar surface area (TPSA) is 75.4 Å². The molecule has 2 rings (SSSR count). The van der Waals surface area contributed by atoms with E-state index in [-0.39, 0.29) is 18.4 Å². The number of hydrogen-bond donors (Lipinski definition) is 2. The summed E-state index contributed by atoms with van der Waals surface area (Å²) in [6.07, 6.45) is 2.58. The van der Waals surface area contributed by atoms with Gasteiger partial charge >= 0.3 is 0 Å². The number of fused-ring (bicyclic) bond motifs is 1. The van der Waals surface area contributed by atoms with E-state index in [1.165, 1.54) is 0 Å². The highest BCUT2D eigenvalue weighted by molar-refractivity contribution is 5.86. The van der Waals surface area contributed by atoms with Gasteiger partial charge in [-0.15, -0.1) is 0 Å². The Bertz CT molecular complexity index is 516. The lowest BCUT2D eigenvalue weighted by molar-refractivity contribution is -0.138. The Kier molecular flexibility index (Phi) is 5.20. The fraction of sp³-hybridized carbons (Fsp3) is 0.500. The van der Waals surface area contributed by atoms with Crippen LogP contribution in [0, 0.1) is 5.92 Å². The van der Waals surface area contributed by atoms with Crippen LogP contribution in [0.1, 0.15) is 25.3 Å². The molecule has 3 N–H and O–H groups in total. The molecule has 1 aromatic rings. The van der Waals surface area contributed by atoms with Crippen molar-refractivity contribution in [1.82, 2.24) is 4.90 Å². The van der Waals surface area contributed by atoms with Gasteiger partial charge in [0, 0.05) is 18.8 Å². The molecule has 5 heteroatoms. The normalized spacial score (nSPS) is 16.7. The number of unbranched alkanes of at least 4 members (excludes halogenated alkanes) is 1. The van der Waals surface area contributed by atoms with Gasteiger partial charge in [-0.2, -0.15) is 0 Å². The maximum Gasteiger partial charge on any atom is 0.237 e. The first-order valence-corrected chi connectivity index (χ1v) is 7.50. The maximum absolute atomic E-state index is 12.6. The molecule has 21 heavy (non-hydrogen) atoms. The molecular formula is C16H23N3O2. The van der Waals surface area contributed by atoms with Crippen LogP contribution in [0.25, 0.3) is 0 Å². The Hall–Kier alpha value is -2.04. The van der Waals surface area contributed by atoms with E-state index in [1.807, 2.05) is 24.3 Å². The zero-order valence-electron chi connectivity index (χ0n) is 12.5. The summed E-state index contributed by atoms with van der Waals surface area (Å²) in [5.74, 6) is -0.566. The molecular weight excluding hydrogens is 266 g/mol. The lowest BCUT2D eigenvalue weighted by atomic mass is 9.92. The molecule has 1 heterocycles. The molecule has 0 fully saturated rings. The van der Waals surface area contributed by atoms with Gasteiger partial charge in [0.15, 0.2) is 0 Å². The minimum atomic E-state index is -0.455. The third-order valence-corrected chi connectivity index (χ3v) is 3.81. The van der Waals surface area contributed by atoms with E-state index < -0.39 is 5.91 Å². The van der Waals surface area contributed by atoms with Crippen LogP contribution >= 0.6 is 0 Å². The summed E-state index contributed by atoms with van der Waals surface area (Å²) in [4.78, 5) is 25.4. The highest BCUT2D eigenvalue weighted by atomic mass is 16.2. The Morgan fingerprint density at radius 1 is 1.38 bits per heavy atom. The second-order valence-corrected chi connectivity index (χ2v) is 5.52. The summed E-state index contributed by atoms with van der Waals surface area (Å²) in [7, 11) is 0. The number of nitrogens with one attached hydrogen (secondary N) is 1. The summed E-state index contributed by atoms with van der Waals surface area (Å²) < 4.78 is 0. The first-order chi connectivity index (χ1) is 10.1. The number of amides is 2. The van der Waals surface area contributed by atoms with Gasteiger partial charge in [-0.25, -0.2) is 0 Å². The Balaban J connectivity index is 2.05. The van der Waals surface area contributed by atoms with E-state index >= 15 is 0 Å². The monoisotopic (exact) mass is 289 g/mol. The minimum absolute atomic E-state index is 0.0109. The molecule has 0 spiro atoms. The van der Waals surface area contributed by atoms with Crippen LogP contribution in [0.15, 0.2) is 24.3 Å². The van der Waals surface area contributed by atoms with E-state index in [4.69, 9.17) is 5.73 Å². The van der Waals surface area contributed by atoms with Crippen LogP contribution in [-0.2, 0) is 16.0 Å². The largest absolute Gasteiger partial charge is 0.384 e. The molecule has 2 amide bonds. The van der Waals surface area contributed by atoms with Crippen molar-refractivity contribution >= 4 is 17.5 Å². The summed E-state index contributed by atoms with van der Waals surface area (Å²) in [5.41, 5.74) is 7.50. The number of hydrogen-bond acceptors (Lipinski definition) is 3. The molecule has 0 saturated carbocycles. The Morgan fingerprint density at radius 3 is 2.86 bits per heavy atom. The van der Waals surface area contributed by atoms with Gasteiger partial charge in [0.05, 0.1) is 12.5 Å². The lowest BCUT2D eigenvalue weighted by Crippen LogP contribution is -2.45. The molecule has 1 aromatic carbocycles. The second-order valence-electron chi connectivity index (χ2n) is 5.52. The average molecular weight is 289 g/mol. The predicted octanol–water partition coefficient (Wildman–Crippen LogP) is 1.38. The summed E-state index contributed by atoms with van der Waals surface area (Å²) in [6.45, 7) is 3.27. The van der Waals surface area contributed by atoms with Gasteiger partial charge in [0.1, 0.15) is 0 Å². The number of rotatable bonds is 6. The smallest absolute Gasteiger partial charge is 0.237 e. The molecule has 1 aliphatic heterocycles. The van der Waals surface area contributed by atoms with Crippen molar-refractivity contribution < 1.29 is 9.59 Å². The van der Waals surface area contributed by atoms with Crippen LogP contribution in [0.5, 0.6) is 0 Å².